The van der Waals surface area contributed by atoms with Crippen LogP contribution in [0.5, 0.6) is 5.75 Å². The standard InChI is InChI=1S/C44H45F3N10O4/c45-34-19-32(40(46)41(47)42(34)59)43(60)50-20-26-3-8-30(9-4-26)56-25-29-7-6-28(18-35(29)53-56)36-22-49-38(23-48-36)55-16-14-54(15-17-55)13-1-2-27-5-11-37-33(21-51-57(37)24-27)31-10-12-39(58)52-44(31)61/h5-7,11,18-19,21-26,30-31,59H,1-4,8-10,12-17,20H2,(H,50,60)(H,52,58,61)/t26-,30-,31?. The van der Waals surface area contributed by atoms with Crippen LogP contribution in [-0.4, -0.2) is 96.4 Å². The number of aromatic nitrogens is 6. The highest BCUT2D eigenvalue weighted by Gasteiger charge is 2.31. The fraction of sp³-hybridized carbons (Fsp3) is 0.386. The molecule has 0 radical (unpaired) electrons. The monoisotopic (exact) mass is 834 g/mol. The maximum atomic E-state index is 14.1. The second-order valence-electron chi connectivity index (χ2n) is 16.3. The number of aromatic hydroxyl groups is 1. The highest BCUT2D eigenvalue weighted by molar-refractivity contribution is 6.01. The van der Waals surface area contributed by atoms with Crippen LogP contribution < -0.4 is 15.5 Å². The van der Waals surface area contributed by atoms with Crippen LogP contribution in [0.1, 0.15) is 78.4 Å². The van der Waals surface area contributed by atoms with Crippen LogP contribution in [-0.2, 0) is 16.0 Å². The number of carbonyl (C=O) groups excluding carboxylic acids is 3. The zero-order valence-electron chi connectivity index (χ0n) is 33.4. The highest BCUT2D eigenvalue weighted by Crippen LogP contribution is 2.34. The van der Waals surface area contributed by atoms with Gasteiger partial charge in [-0.1, -0.05) is 18.2 Å². The van der Waals surface area contributed by atoms with E-state index in [1.54, 1.807) is 6.20 Å². The van der Waals surface area contributed by atoms with E-state index in [-0.39, 0.29) is 36.2 Å². The molecule has 3 N–H and O–H groups in total. The van der Waals surface area contributed by atoms with E-state index in [4.69, 9.17) is 15.1 Å². The van der Waals surface area contributed by atoms with Gasteiger partial charge in [0.1, 0.15) is 5.82 Å². The van der Waals surface area contributed by atoms with E-state index in [0.29, 0.717) is 18.9 Å². The number of fused-ring (bicyclic) bond motifs is 2. The molecule has 14 nitrogen and oxygen atoms in total. The van der Waals surface area contributed by atoms with Crippen molar-refractivity contribution >= 4 is 40.0 Å². The summed E-state index contributed by atoms with van der Waals surface area (Å²) in [6.45, 7) is 4.80. The van der Waals surface area contributed by atoms with Gasteiger partial charge in [0.25, 0.3) is 5.91 Å². The number of hydrogen-bond acceptors (Lipinski definition) is 10. The molecule has 9 rings (SSSR count). The van der Waals surface area contributed by atoms with Gasteiger partial charge in [0.15, 0.2) is 17.4 Å². The van der Waals surface area contributed by atoms with E-state index >= 15 is 0 Å². The number of benzene rings is 2. The first-order valence-electron chi connectivity index (χ1n) is 20.8. The lowest BCUT2D eigenvalue weighted by molar-refractivity contribution is -0.134. The van der Waals surface area contributed by atoms with Crippen molar-refractivity contribution in [2.45, 2.75) is 63.3 Å². The molecular formula is C44H45F3N10O4. The SMILES string of the molecule is O=C1CCC(c2cnn3cc(CCCN4CCN(c5cnc(-c6ccc7cn([C@H]8CC[C@H](CNC(=O)c9cc(F)c(O)c(F)c9F)CC8)nc7c6)cn5)CC4)ccc23)C(=O)N1. The van der Waals surface area contributed by atoms with Crippen molar-refractivity contribution in [3.63, 3.8) is 0 Å². The van der Waals surface area contributed by atoms with Gasteiger partial charge in [-0.3, -0.25) is 34.3 Å². The van der Waals surface area contributed by atoms with Crippen LogP contribution in [0.15, 0.2) is 67.4 Å². The second-order valence-corrected chi connectivity index (χ2v) is 16.3. The van der Waals surface area contributed by atoms with Crippen LogP contribution in [0.3, 0.4) is 0 Å². The number of phenols is 1. The molecule has 2 aromatic carbocycles. The molecule has 316 valence electrons. The molecule has 0 spiro atoms. The van der Waals surface area contributed by atoms with E-state index < -0.39 is 34.7 Å². The molecule has 3 fully saturated rings. The molecule has 17 heteroatoms. The number of nitrogens with one attached hydrogen (secondary N) is 2. The van der Waals surface area contributed by atoms with Crippen LogP contribution >= 0.6 is 0 Å². The molecule has 6 heterocycles. The van der Waals surface area contributed by atoms with Crippen LogP contribution in [0.25, 0.3) is 27.7 Å². The third-order valence-corrected chi connectivity index (χ3v) is 12.4. The quantitative estimate of drug-likeness (QED) is 0.109. The minimum atomic E-state index is -1.78. The van der Waals surface area contributed by atoms with E-state index in [2.05, 4.69) is 31.6 Å². The molecule has 3 amide bonds. The summed E-state index contributed by atoms with van der Waals surface area (Å²) < 4.78 is 45.4. The van der Waals surface area contributed by atoms with Gasteiger partial charge in [-0.15, -0.1) is 0 Å². The van der Waals surface area contributed by atoms with Crippen molar-refractivity contribution in [1.29, 1.82) is 0 Å². The van der Waals surface area contributed by atoms with E-state index in [1.807, 2.05) is 58.3 Å². The van der Waals surface area contributed by atoms with Gasteiger partial charge in [0, 0.05) is 68.1 Å². The van der Waals surface area contributed by atoms with Crippen molar-refractivity contribution in [3.05, 3.63) is 102 Å². The summed E-state index contributed by atoms with van der Waals surface area (Å²) >= 11 is 0. The van der Waals surface area contributed by atoms with Crippen molar-refractivity contribution in [1.82, 2.24) is 44.9 Å². The summed E-state index contributed by atoms with van der Waals surface area (Å²) in [5.74, 6) is -7.00. The summed E-state index contributed by atoms with van der Waals surface area (Å²) in [6.07, 6.45) is 15.4. The Morgan fingerprint density at radius 1 is 0.902 bits per heavy atom. The number of piperazine rings is 1. The number of phenolic OH excluding ortho intramolecular Hbond substituents is 1. The zero-order valence-corrected chi connectivity index (χ0v) is 33.4. The Kier molecular flexibility index (Phi) is 11.1. The van der Waals surface area contributed by atoms with Gasteiger partial charge in [0.2, 0.25) is 17.6 Å². The molecule has 1 unspecified atom stereocenters. The Labute approximate surface area is 348 Å². The van der Waals surface area contributed by atoms with Crippen LogP contribution in [0.2, 0.25) is 0 Å². The Bertz CT molecular complexity index is 2620. The molecule has 61 heavy (non-hydrogen) atoms. The average Bonchev–Trinajstić information content (AvgIpc) is 3.91. The lowest BCUT2D eigenvalue weighted by Crippen LogP contribution is -2.47. The molecule has 1 aliphatic carbocycles. The van der Waals surface area contributed by atoms with E-state index in [0.717, 1.165) is 110 Å². The number of imide groups is 1. The van der Waals surface area contributed by atoms with Crippen LogP contribution in [0.4, 0.5) is 19.0 Å². The Morgan fingerprint density at radius 2 is 1.72 bits per heavy atom. The number of carbonyl (C=O) groups is 3. The summed E-state index contributed by atoms with van der Waals surface area (Å²) in [5.41, 5.74) is 4.70. The zero-order chi connectivity index (χ0) is 42.2. The topological polar surface area (TPSA) is 163 Å². The normalized spacial score (nSPS) is 20.0. The predicted molar refractivity (Wildman–Crippen MR) is 219 cm³/mol. The first kappa shape index (κ1) is 40.1. The van der Waals surface area contributed by atoms with Crippen molar-refractivity contribution in [2.24, 2.45) is 5.92 Å². The number of hydrogen-bond donors (Lipinski definition) is 3. The molecule has 3 aliphatic rings. The first-order chi connectivity index (χ1) is 29.6. The smallest absolute Gasteiger partial charge is 0.254 e. The summed E-state index contributed by atoms with van der Waals surface area (Å²) in [6, 6.07) is 10.9. The number of piperidine rings is 1. The van der Waals surface area contributed by atoms with Gasteiger partial charge >= 0.3 is 0 Å². The summed E-state index contributed by atoms with van der Waals surface area (Å²) in [5, 5.41) is 24.7. The summed E-state index contributed by atoms with van der Waals surface area (Å²) in [4.78, 5) is 50.7. The highest BCUT2D eigenvalue weighted by atomic mass is 19.2. The average molecular weight is 835 g/mol. The van der Waals surface area contributed by atoms with Crippen molar-refractivity contribution in [3.8, 4) is 17.0 Å². The van der Waals surface area contributed by atoms with Crippen molar-refractivity contribution in [2.75, 3.05) is 44.2 Å². The number of nitrogens with zero attached hydrogens (tertiary/aromatic N) is 8. The second kappa shape index (κ2) is 17.0. The van der Waals surface area contributed by atoms with Gasteiger partial charge in [-0.2, -0.15) is 14.6 Å². The van der Waals surface area contributed by atoms with Gasteiger partial charge < -0.3 is 15.3 Å². The van der Waals surface area contributed by atoms with Gasteiger partial charge in [-0.25, -0.2) is 18.3 Å². The van der Waals surface area contributed by atoms with E-state index in [1.165, 1.54) is 5.56 Å². The third-order valence-electron chi connectivity index (χ3n) is 12.4. The number of amides is 3. The molecular weight excluding hydrogens is 790 g/mol. The Hall–Kier alpha value is -6.36. The molecule has 4 aromatic heterocycles. The van der Waals surface area contributed by atoms with Gasteiger partial charge in [0.05, 0.1) is 52.8 Å². The maximum absolute atomic E-state index is 14.1. The van der Waals surface area contributed by atoms with Crippen LogP contribution in [0, 0.1) is 23.4 Å². The predicted octanol–water partition coefficient (Wildman–Crippen LogP) is 5.70. The molecule has 6 aromatic rings. The maximum Gasteiger partial charge on any atom is 0.254 e. The third kappa shape index (κ3) is 8.38. The summed E-state index contributed by atoms with van der Waals surface area (Å²) in [7, 11) is 0. The van der Waals surface area contributed by atoms with E-state index in [9.17, 15) is 32.7 Å². The Morgan fingerprint density at radius 3 is 2.49 bits per heavy atom. The molecule has 2 aliphatic heterocycles. The number of rotatable bonds is 11. The Balaban J connectivity index is 0.727. The molecule has 1 atom stereocenters. The lowest BCUT2D eigenvalue weighted by Gasteiger charge is -2.35. The minimum Gasteiger partial charge on any atom is -0.503 e. The number of anilines is 1. The van der Waals surface area contributed by atoms with Crippen molar-refractivity contribution < 1.29 is 32.7 Å². The molecule has 1 saturated carbocycles. The fourth-order valence-electron chi connectivity index (χ4n) is 8.87. The lowest BCUT2D eigenvalue weighted by atomic mass is 9.86. The first-order valence-corrected chi connectivity index (χ1v) is 20.8. The molecule has 0 bridgehead atoms. The largest absolute Gasteiger partial charge is 0.503 e. The number of halogens is 3. The number of aryl methyl sites for hydroxylation is 1. The fourth-order valence-corrected chi connectivity index (χ4v) is 8.87. The number of pyridine rings is 1. The molecule has 2 saturated heterocycles. The van der Waals surface area contributed by atoms with Gasteiger partial charge in [-0.05, 0) is 81.2 Å². The minimum absolute atomic E-state index is 0.116.